The van der Waals surface area contributed by atoms with Crippen molar-refractivity contribution >= 4 is 11.9 Å². The fraction of sp³-hybridized carbons (Fsp3) is 0.714. The number of nitrogens with zero attached hydrogens (tertiary/aromatic N) is 2. The molecule has 0 radical (unpaired) electrons. The summed E-state index contributed by atoms with van der Waals surface area (Å²) in [5, 5.41) is 15.5. The van der Waals surface area contributed by atoms with E-state index in [1.54, 1.807) is 0 Å². The molecular formula is C14H21N3O4. The van der Waals surface area contributed by atoms with Crippen molar-refractivity contribution in [3.63, 3.8) is 0 Å². The van der Waals surface area contributed by atoms with Crippen LogP contribution >= 0.6 is 0 Å². The molecule has 7 heteroatoms. The van der Waals surface area contributed by atoms with Crippen LogP contribution < -0.4 is 5.32 Å². The van der Waals surface area contributed by atoms with E-state index in [0.29, 0.717) is 24.1 Å². The maximum absolute atomic E-state index is 11.9. The number of hydrogen-bond acceptors (Lipinski definition) is 5. The van der Waals surface area contributed by atoms with Crippen molar-refractivity contribution in [2.75, 3.05) is 0 Å². The summed E-state index contributed by atoms with van der Waals surface area (Å²) >= 11 is 0. The van der Waals surface area contributed by atoms with E-state index in [4.69, 9.17) is 9.63 Å². The van der Waals surface area contributed by atoms with Crippen LogP contribution in [0.15, 0.2) is 4.52 Å². The maximum atomic E-state index is 11.9. The number of amides is 1. The van der Waals surface area contributed by atoms with Crippen molar-refractivity contribution in [3.05, 3.63) is 11.7 Å². The van der Waals surface area contributed by atoms with Gasteiger partial charge in [-0.25, -0.2) is 0 Å². The van der Waals surface area contributed by atoms with E-state index >= 15 is 0 Å². The fourth-order valence-corrected chi connectivity index (χ4v) is 2.24. The normalized spacial score (nSPS) is 15.7. The van der Waals surface area contributed by atoms with Crippen LogP contribution in [0.3, 0.4) is 0 Å². The van der Waals surface area contributed by atoms with Crippen LogP contribution in [0.25, 0.3) is 0 Å². The van der Waals surface area contributed by atoms with Crippen molar-refractivity contribution in [2.45, 2.75) is 57.9 Å². The third-order valence-electron chi connectivity index (χ3n) is 3.48. The second-order valence-corrected chi connectivity index (χ2v) is 5.46. The molecule has 1 unspecified atom stereocenters. The average Bonchev–Trinajstić information content (AvgIpc) is 3.17. The van der Waals surface area contributed by atoms with E-state index < -0.39 is 5.97 Å². The Bertz CT molecular complexity index is 496. The summed E-state index contributed by atoms with van der Waals surface area (Å²) in [6, 6.07) is -0.256. The van der Waals surface area contributed by atoms with Crippen LogP contribution in [-0.4, -0.2) is 33.2 Å². The highest BCUT2D eigenvalue weighted by Crippen LogP contribution is 2.34. The van der Waals surface area contributed by atoms with Crippen molar-refractivity contribution < 1.29 is 19.2 Å². The molecule has 7 nitrogen and oxygen atoms in total. The van der Waals surface area contributed by atoms with E-state index in [1.807, 2.05) is 6.92 Å². The Labute approximate surface area is 123 Å². The van der Waals surface area contributed by atoms with Gasteiger partial charge in [-0.15, -0.1) is 0 Å². The Hall–Kier alpha value is -1.92. The molecule has 0 saturated heterocycles. The van der Waals surface area contributed by atoms with E-state index in [9.17, 15) is 9.59 Å². The van der Waals surface area contributed by atoms with Gasteiger partial charge in [0.05, 0.1) is 6.42 Å². The number of aromatic nitrogens is 2. The smallest absolute Gasteiger partial charge is 0.305 e. The van der Waals surface area contributed by atoms with Gasteiger partial charge in [-0.1, -0.05) is 12.1 Å². The molecule has 0 bridgehead atoms. The van der Waals surface area contributed by atoms with Gasteiger partial charge in [-0.05, 0) is 25.2 Å². The second-order valence-electron chi connectivity index (χ2n) is 5.46. The van der Waals surface area contributed by atoms with Crippen LogP contribution in [0.4, 0.5) is 0 Å². The zero-order valence-corrected chi connectivity index (χ0v) is 12.2. The van der Waals surface area contributed by atoms with Gasteiger partial charge in [0.1, 0.15) is 0 Å². The van der Waals surface area contributed by atoms with Gasteiger partial charge in [-0.3, -0.25) is 9.59 Å². The number of nitrogens with one attached hydrogen (secondary N) is 1. The van der Waals surface area contributed by atoms with Crippen LogP contribution in [-0.2, 0) is 22.4 Å². The van der Waals surface area contributed by atoms with Crippen molar-refractivity contribution in [3.8, 4) is 0 Å². The highest BCUT2D eigenvalue weighted by molar-refractivity contribution is 5.77. The topological polar surface area (TPSA) is 105 Å². The summed E-state index contributed by atoms with van der Waals surface area (Å²) in [6.45, 7) is 2.03. The molecule has 21 heavy (non-hydrogen) atoms. The zero-order valence-electron chi connectivity index (χ0n) is 12.2. The lowest BCUT2D eigenvalue weighted by molar-refractivity contribution is -0.137. The molecule has 2 N–H and O–H groups in total. The lowest BCUT2D eigenvalue weighted by atomic mass is 10.1. The third-order valence-corrected chi connectivity index (χ3v) is 3.48. The summed E-state index contributed by atoms with van der Waals surface area (Å²) < 4.78 is 5.06. The average molecular weight is 295 g/mol. The molecule has 0 spiro atoms. The van der Waals surface area contributed by atoms with E-state index in [1.165, 1.54) is 0 Å². The van der Waals surface area contributed by atoms with Gasteiger partial charge in [0.25, 0.3) is 0 Å². The second kappa shape index (κ2) is 7.19. The van der Waals surface area contributed by atoms with Gasteiger partial charge in [0, 0.05) is 25.3 Å². The zero-order chi connectivity index (χ0) is 15.2. The van der Waals surface area contributed by atoms with Gasteiger partial charge in [-0.2, -0.15) is 4.98 Å². The lowest BCUT2D eigenvalue weighted by Crippen LogP contribution is -2.38. The molecule has 1 saturated carbocycles. The van der Waals surface area contributed by atoms with Gasteiger partial charge in [0.2, 0.25) is 11.8 Å². The molecule has 0 aliphatic heterocycles. The number of aliphatic carboxylic acids is 1. The van der Waals surface area contributed by atoms with Crippen molar-refractivity contribution in [1.82, 2.24) is 15.5 Å². The maximum Gasteiger partial charge on any atom is 0.305 e. The first kappa shape index (κ1) is 15.5. The number of carboxylic acid groups (broad SMARTS) is 1. The molecule has 1 heterocycles. The van der Waals surface area contributed by atoms with Gasteiger partial charge in [0.15, 0.2) is 5.82 Å². The Morgan fingerprint density at radius 3 is 2.81 bits per heavy atom. The monoisotopic (exact) mass is 295 g/mol. The molecule has 1 amide bonds. The minimum Gasteiger partial charge on any atom is -0.481 e. The summed E-state index contributed by atoms with van der Waals surface area (Å²) in [6.07, 6.45) is 4.28. The van der Waals surface area contributed by atoms with Crippen LogP contribution in [0.2, 0.25) is 0 Å². The molecule has 1 aliphatic carbocycles. The highest BCUT2D eigenvalue weighted by Gasteiger charge is 2.33. The third kappa shape index (κ3) is 5.17. The van der Waals surface area contributed by atoms with Crippen molar-refractivity contribution in [1.29, 1.82) is 0 Å². The Balaban J connectivity index is 1.76. The van der Waals surface area contributed by atoms with Gasteiger partial charge >= 0.3 is 5.97 Å². The largest absolute Gasteiger partial charge is 0.481 e. The van der Waals surface area contributed by atoms with Gasteiger partial charge < -0.3 is 14.9 Å². The summed E-state index contributed by atoms with van der Waals surface area (Å²) in [5.74, 6) is 0.380. The first-order chi connectivity index (χ1) is 10.1. The van der Waals surface area contributed by atoms with E-state index in [-0.39, 0.29) is 24.8 Å². The number of carbonyl (C=O) groups is 2. The number of rotatable bonds is 9. The number of carboxylic acids is 1. The quantitative estimate of drug-likeness (QED) is 0.712. The standard InChI is InChI=1S/C14H21N3O4/c1-2-3-11-16-13(21-17-11)7-6-12(18)15-10(8-14(19)20)9-4-5-9/h9-10H,2-8H2,1H3,(H,15,18)(H,19,20). The number of carbonyl (C=O) groups excluding carboxylic acids is 1. The highest BCUT2D eigenvalue weighted by atomic mass is 16.5. The van der Waals surface area contributed by atoms with Crippen LogP contribution in [0, 0.1) is 5.92 Å². The Kier molecular flexibility index (Phi) is 5.30. The molecule has 1 aromatic heterocycles. The Morgan fingerprint density at radius 1 is 1.43 bits per heavy atom. The molecule has 1 aliphatic rings. The molecule has 2 rings (SSSR count). The summed E-state index contributed by atoms with van der Waals surface area (Å²) in [7, 11) is 0. The summed E-state index contributed by atoms with van der Waals surface area (Å²) in [5.41, 5.74) is 0. The SMILES string of the molecule is CCCc1noc(CCC(=O)NC(CC(=O)O)C2CC2)n1. The number of aryl methyl sites for hydroxylation is 2. The van der Waals surface area contributed by atoms with E-state index in [2.05, 4.69) is 15.5 Å². The number of hydrogen-bond donors (Lipinski definition) is 2. The predicted octanol–water partition coefficient (Wildman–Crippen LogP) is 1.32. The molecule has 0 aromatic carbocycles. The molecule has 1 aromatic rings. The predicted molar refractivity (Wildman–Crippen MR) is 73.5 cm³/mol. The minimum atomic E-state index is -0.881. The lowest BCUT2D eigenvalue weighted by Gasteiger charge is -2.15. The molecular weight excluding hydrogens is 274 g/mol. The van der Waals surface area contributed by atoms with Crippen LogP contribution in [0.1, 0.15) is 50.7 Å². The first-order valence-electron chi connectivity index (χ1n) is 7.41. The summed E-state index contributed by atoms with van der Waals surface area (Å²) in [4.78, 5) is 26.9. The first-order valence-corrected chi connectivity index (χ1v) is 7.41. The fourth-order valence-electron chi connectivity index (χ4n) is 2.24. The molecule has 116 valence electrons. The minimum absolute atomic E-state index is 0.0163. The Morgan fingerprint density at radius 2 is 2.19 bits per heavy atom. The molecule has 1 fully saturated rings. The van der Waals surface area contributed by atoms with Crippen molar-refractivity contribution in [2.24, 2.45) is 5.92 Å². The van der Waals surface area contributed by atoms with Crippen LogP contribution in [0.5, 0.6) is 0 Å². The van der Waals surface area contributed by atoms with E-state index in [0.717, 1.165) is 25.7 Å². The molecule has 1 atom stereocenters.